The van der Waals surface area contributed by atoms with Crippen LogP contribution in [0.3, 0.4) is 0 Å². The molecule has 0 aliphatic heterocycles. The zero-order chi connectivity index (χ0) is 14.5. The van der Waals surface area contributed by atoms with Gasteiger partial charge in [0.1, 0.15) is 5.82 Å². The molecule has 4 heteroatoms. The molecule has 1 N–H and O–H groups in total. The second-order valence-electron chi connectivity index (χ2n) is 4.90. The summed E-state index contributed by atoms with van der Waals surface area (Å²) in [6.45, 7) is 5.05. The quantitative estimate of drug-likeness (QED) is 0.878. The van der Waals surface area contributed by atoms with Crippen molar-refractivity contribution in [3.05, 3.63) is 53.1 Å². The largest absolute Gasteiger partial charge is 0.313 e. The minimum absolute atomic E-state index is 0.0948. The molecular formula is C16H22FN3. The Morgan fingerprint density at radius 3 is 2.70 bits per heavy atom. The van der Waals surface area contributed by atoms with Gasteiger partial charge in [-0.05, 0) is 44.2 Å². The summed E-state index contributed by atoms with van der Waals surface area (Å²) >= 11 is 0. The van der Waals surface area contributed by atoms with Crippen molar-refractivity contribution in [2.45, 2.75) is 39.3 Å². The van der Waals surface area contributed by atoms with Gasteiger partial charge in [-0.3, -0.25) is 4.68 Å². The number of halogens is 1. The van der Waals surface area contributed by atoms with E-state index in [1.807, 2.05) is 17.8 Å². The predicted octanol–water partition coefficient (Wildman–Crippen LogP) is 3.11. The van der Waals surface area contributed by atoms with E-state index in [0.29, 0.717) is 0 Å². The Kier molecular flexibility index (Phi) is 4.90. The molecule has 1 heterocycles. The molecule has 0 fully saturated rings. The minimum atomic E-state index is -0.194. The Morgan fingerprint density at radius 2 is 2.10 bits per heavy atom. The van der Waals surface area contributed by atoms with Gasteiger partial charge in [0, 0.05) is 24.7 Å². The number of nitrogens with zero attached hydrogens (tertiary/aromatic N) is 2. The summed E-state index contributed by atoms with van der Waals surface area (Å²) in [4.78, 5) is 0. The van der Waals surface area contributed by atoms with E-state index in [-0.39, 0.29) is 11.9 Å². The summed E-state index contributed by atoms with van der Waals surface area (Å²) in [5.41, 5.74) is 3.26. The van der Waals surface area contributed by atoms with Crippen molar-refractivity contribution in [2.75, 3.05) is 7.05 Å². The summed E-state index contributed by atoms with van der Waals surface area (Å²) < 4.78 is 15.4. The van der Waals surface area contributed by atoms with Crippen LogP contribution in [0.15, 0.2) is 30.3 Å². The molecule has 0 saturated heterocycles. The van der Waals surface area contributed by atoms with E-state index in [1.54, 1.807) is 12.1 Å². The van der Waals surface area contributed by atoms with E-state index < -0.39 is 0 Å². The average molecular weight is 275 g/mol. The van der Waals surface area contributed by atoms with E-state index >= 15 is 0 Å². The van der Waals surface area contributed by atoms with Gasteiger partial charge >= 0.3 is 0 Å². The SMILES string of the molecule is CCc1cc(CC(NC)c2cccc(F)c2)n(CC)n1. The Bertz CT molecular complexity index is 563. The molecule has 1 aromatic heterocycles. The van der Waals surface area contributed by atoms with Crippen LogP contribution in [0, 0.1) is 5.82 Å². The normalized spacial score (nSPS) is 12.6. The second kappa shape index (κ2) is 6.66. The molecule has 0 aliphatic carbocycles. The van der Waals surface area contributed by atoms with E-state index in [9.17, 15) is 4.39 Å². The number of nitrogens with one attached hydrogen (secondary N) is 1. The lowest BCUT2D eigenvalue weighted by Crippen LogP contribution is -2.20. The van der Waals surface area contributed by atoms with Gasteiger partial charge in [-0.2, -0.15) is 5.10 Å². The minimum Gasteiger partial charge on any atom is -0.313 e. The third-order valence-corrected chi connectivity index (χ3v) is 3.59. The second-order valence-corrected chi connectivity index (χ2v) is 4.90. The topological polar surface area (TPSA) is 29.9 Å². The standard InChI is InChI=1S/C16H22FN3/c1-4-14-10-15(20(5-2)19-14)11-16(18-3)12-7-6-8-13(17)9-12/h6-10,16,18H,4-5,11H2,1-3H3. The van der Waals surface area contributed by atoms with Crippen LogP contribution >= 0.6 is 0 Å². The monoisotopic (exact) mass is 275 g/mol. The van der Waals surface area contributed by atoms with E-state index in [4.69, 9.17) is 0 Å². The molecular weight excluding hydrogens is 253 g/mol. The third-order valence-electron chi connectivity index (χ3n) is 3.59. The summed E-state index contributed by atoms with van der Waals surface area (Å²) in [5, 5.41) is 7.83. The molecule has 108 valence electrons. The molecule has 0 saturated carbocycles. The van der Waals surface area contributed by atoms with Crippen molar-refractivity contribution < 1.29 is 4.39 Å². The number of aryl methyl sites for hydroxylation is 2. The first-order valence-electron chi connectivity index (χ1n) is 7.16. The Labute approximate surface area is 119 Å². The molecule has 2 rings (SSSR count). The predicted molar refractivity (Wildman–Crippen MR) is 79.2 cm³/mol. The molecule has 1 aromatic carbocycles. The molecule has 1 atom stereocenters. The van der Waals surface area contributed by atoms with Crippen molar-refractivity contribution in [3.63, 3.8) is 0 Å². The first-order valence-corrected chi connectivity index (χ1v) is 7.16. The Balaban J connectivity index is 2.24. The van der Waals surface area contributed by atoms with Crippen LogP contribution in [0.5, 0.6) is 0 Å². The summed E-state index contributed by atoms with van der Waals surface area (Å²) in [7, 11) is 1.91. The Hall–Kier alpha value is -1.68. The van der Waals surface area contributed by atoms with Crippen LogP contribution in [0.2, 0.25) is 0 Å². The molecule has 3 nitrogen and oxygen atoms in total. The molecule has 20 heavy (non-hydrogen) atoms. The van der Waals surface area contributed by atoms with Gasteiger partial charge < -0.3 is 5.32 Å². The maximum absolute atomic E-state index is 13.4. The van der Waals surface area contributed by atoms with E-state index in [2.05, 4.69) is 30.3 Å². The van der Waals surface area contributed by atoms with Crippen LogP contribution in [0.1, 0.15) is 36.8 Å². The van der Waals surface area contributed by atoms with Crippen molar-refractivity contribution in [1.82, 2.24) is 15.1 Å². The number of hydrogen-bond acceptors (Lipinski definition) is 2. The molecule has 0 bridgehead atoms. The van der Waals surface area contributed by atoms with Crippen molar-refractivity contribution >= 4 is 0 Å². The van der Waals surface area contributed by atoms with E-state index in [1.165, 1.54) is 11.8 Å². The highest BCUT2D eigenvalue weighted by atomic mass is 19.1. The summed E-state index contributed by atoms with van der Waals surface area (Å²) in [5.74, 6) is -0.194. The zero-order valence-electron chi connectivity index (χ0n) is 12.4. The smallest absolute Gasteiger partial charge is 0.123 e. The van der Waals surface area contributed by atoms with Gasteiger partial charge in [0.15, 0.2) is 0 Å². The fraction of sp³-hybridized carbons (Fsp3) is 0.438. The fourth-order valence-corrected chi connectivity index (χ4v) is 2.44. The fourth-order valence-electron chi connectivity index (χ4n) is 2.44. The van der Waals surface area contributed by atoms with E-state index in [0.717, 1.165) is 30.6 Å². The van der Waals surface area contributed by atoms with Crippen molar-refractivity contribution in [2.24, 2.45) is 0 Å². The average Bonchev–Trinajstić information content (AvgIpc) is 2.87. The van der Waals surface area contributed by atoms with Crippen LogP contribution in [0.25, 0.3) is 0 Å². The van der Waals surface area contributed by atoms with Crippen LogP contribution in [-0.2, 0) is 19.4 Å². The van der Waals surface area contributed by atoms with Gasteiger partial charge in [0.05, 0.1) is 5.69 Å². The number of benzene rings is 1. The lowest BCUT2D eigenvalue weighted by atomic mass is 10.0. The number of rotatable bonds is 6. The molecule has 0 amide bonds. The van der Waals surface area contributed by atoms with Crippen molar-refractivity contribution in [3.8, 4) is 0 Å². The molecule has 1 unspecified atom stereocenters. The van der Waals surface area contributed by atoms with Crippen LogP contribution in [-0.4, -0.2) is 16.8 Å². The Morgan fingerprint density at radius 1 is 1.30 bits per heavy atom. The first-order chi connectivity index (χ1) is 9.67. The summed E-state index contributed by atoms with van der Waals surface area (Å²) in [6, 6.07) is 9.02. The lowest BCUT2D eigenvalue weighted by Gasteiger charge is -2.17. The highest BCUT2D eigenvalue weighted by molar-refractivity contribution is 5.23. The molecule has 0 spiro atoms. The van der Waals surface area contributed by atoms with Crippen LogP contribution < -0.4 is 5.32 Å². The maximum Gasteiger partial charge on any atom is 0.123 e. The van der Waals surface area contributed by atoms with Gasteiger partial charge in [-0.15, -0.1) is 0 Å². The van der Waals surface area contributed by atoms with Crippen LogP contribution in [0.4, 0.5) is 4.39 Å². The van der Waals surface area contributed by atoms with Gasteiger partial charge in [0.2, 0.25) is 0 Å². The van der Waals surface area contributed by atoms with Gasteiger partial charge in [0.25, 0.3) is 0 Å². The molecule has 2 aromatic rings. The molecule has 0 aliphatic rings. The van der Waals surface area contributed by atoms with Gasteiger partial charge in [-0.1, -0.05) is 19.1 Å². The lowest BCUT2D eigenvalue weighted by molar-refractivity contribution is 0.536. The van der Waals surface area contributed by atoms with Crippen molar-refractivity contribution in [1.29, 1.82) is 0 Å². The zero-order valence-corrected chi connectivity index (χ0v) is 12.4. The third kappa shape index (κ3) is 3.25. The molecule has 0 radical (unpaired) electrons. The summed E-state index contributed by atoms with van der Waals surface area (Å²) in [6.07, 6.45) is 1.74. The van der Waals surface area contributed by atoms with Gasteiger partial charge in [-0.25, -0.2) is 4.39 Å². The first kappa shape index (κ1) is 14.7. The number of hydrogen-bond donors (Lipinski definition) is 1. The highest BCUT2D eigenvalue weighted by Gasteiger charge is 2.14. The number of likely N-dealkylation sites (N-methyl/N-ethyl adjacent to an activating group) is 1. The highest BCUT2D eigenvalue weighted by Crippen LogP contribution is 2.20. The maximum atomic E-state index is 13.4. The number of aromatic nitrogens is 2.